The van der Waals surface area contributed by atoms with Gasteiger partial charge in [0.2, 0.25) is 0 Å². The standard InChI is InChI=1S/C12H10N2O3S/c1-17-8-4-2-7(3-5-8)10(15)6-9-11(16)14-12(18)13-9/h2-6H,1H3,(H2,13,14,16,18)/b9-6-. The molecule has 1 aromatic rings. The minimum absolute atomic E-state index is 0.154. The Kier molecular flexibility index (Phi) is 3.38. The highest BCUT2D eigenvalue weighted by atomic mass is 32.1. The Morgan fingerprint density at radius 2 is 1.94 bits per heavy atom. The van der Waals surface area contributed by atoms with Crippen LogP contribution in [0.15, 0.2) is 36.0 Å². The van der Waals surface area contributed by atoms with Crippen LogP contribution >= 0.6 is 12.2 Å². The van der Waals surface area contributed by atoms with Crippen molar-refractivity contribution in [2.75, 3.05) is 7.11 Å². The average Bonchev–Trinajstić information content (AvgIpc) is 2.68. The lowest BCUT2D eigenvalue weighted by Gasteiger charge is -2.00. The van der Waals surface area contributed by atoms with Gasteiger partial charge in [-0.3, -0.25) is 14.9 Å². The molecule has 0 spiro atoms. The van der Waals surface area contributed by atoms with Crippen LogP contribution < -0.4 is 15.4 Å². The summed E-state index contributed by atoms with van der Waals surface area (Å²) in [5, 5.41) is 5.20. The summed E-state index contributed by atoms with van der Waals surface area (Å²) in [5.41, 5.74) is 0.622. The maximum Gasteiger partial charge on any atom is 0.274 e. The summed E-state index contributed by atoms with van der Waals surface area (Å²) < 4.78 is 4.99. The predicted octanol–water partition coefficient (Wildman–Crippen LogP) is 0.766. The number of carbonyl (C=O) groups excluding carboxylic acids is 2. The Labute approximate surface area is 109 Å². The number of hydrogen-bond donors (Lipinski definition) is 2. The molecule has 0 aromatic heterocycles. The van der Waals surface area contributed by atoms with Crippen LogP contribution in [0.1, 0.15) is 10.4 Å². The molecule has 2 rings (SSSR count). The molecule has 6 heteroatoms. The molecule has 2 N–H and O–H groups in total. The van der Waals surface area contributed by atoms with Crippen LogP contribution in [0.3, 0.4) is 0 Å². The van der Waals surface area contributed by atoms with Gasteiger partial charge in [-0.05, 0) is 36.5 Å². The molecule has 1 fully saturated rings. The third-order valence-electron chi connectivity index (χ3n) is 2.37. The number of thiocarbonyl (C=S) groups is 1. The highest BCUT2D eigenvalue weighted by molar-refractivity contribution is 7.80. The second-order valence-electron chi connectivity index (χ2n) is 3.56. The maximum atomic E-state index is 11.9. The maximum absolute atomic E-state index is 11.9. The number of ether oxygens (including phenoxy) is 1. The predicted molar refractivity (Wildman–Crippen MR) is 69.3 cm³/mol. The topological polar surface area (TPSA) is 67.4 Å². The fourth-order valence-electron chi connectivity index (χ4n) is 1.45. The first-order chi connectivity index (χ1) is 8.60. The molecule has 0 atom stereocenters. The number of rotatable bonds is 3. The summed E-state index contributed by atoms with van der Waals surface area (Å²) in [5.74, 6) is -0.0148. The van der Waals surface area contributed by atoms with Gasteiger partial charge in [0, 0.05) is 11.6 Å². The van der Waals surface area contributed by atoms with Gasteiger partial charge in [-0.2, -0.15) is 0 Å². The van der Waals surface area contributed by atoms with Crippen LogP contribution in [-0.4, -0.2) is 23.9 Å². The van der Waals surface area contributed by atoms with Crippen LogP contribution in [0.5, 0.6) is 5.75 Å². The van der Waals surface area contributed by atoms with Gasteiger partial charge >= 0.3 is 0 Å². The van der Waals surface area contributed by atoms with E-state index in [1.165, 1.54) is 6.08 Å². The Hall–Kier alpha value is -2.21. The SMILES string of the molecule is COc1ccc(C(=O)/C=C2\NC(=S)NC2=O)cc1. The highest BCUT2D eigenvalue weighted by Gasteiger charge is 2.21. The van der Waals surface area contributed by atoms with Crippen molar-refractivity contribution in [3.05, 3.63) is 41.6 Å². The lowest BCUT2D eigenvalue weighted by Crippen LogP contribution is -2.21. The van der Waals surface area contributed by atoms with Crippen LogP contribution in [0, 0.1) is 0 Å². The van der Waals surface area contributed by atoms with Crippen LogP contribution in [0.4, 0.5) is 0 Å². The van der Waals surface area contributed by atoms with E-state index in [1.54, 1.807) is 31.4 Å². The molecule has 92 valence electrons. The van der Waals surface area contributed by atoms with E-state index < -0.39 is 5.91 Å². The van der Waals surface area contributed by atoms with Crippen LogP contribution in [0.25, 0.3) is 0 Å². The van der Waals surface area contributed by atoms with E-state index in [4.69, 9.17) is 17.0 Å². The first-order valence-corrected chi connectivity index (χ1v) is 5.53. The number of methoxy groups -OCH3 is 1. The highest BCUT2D eigenvalue weighted by Crippen LogP contribution is 2.12. The molecule has 5 nitrogen and oxygen atoms in total. The van der Waals surface area contributed by atoms with Crippen molar-refractivity contribution in [1.82, 2.24) is 10.6 Å². The van der Waals surface area contributed by atoms with E-state index in [1.807, 2.05) is 0 Å². The Balaban J connectivity index is 2.19. The van der Waals surface area contributed by atoms with Crippen LogP contribution in [0.2, 0.25) is 0 Å². The average molecular weight is 262 g/mol. The molecule has 1 aliphatic rings. The molecule has 18 heavy (non-hydrogen) atoms. The molecule has 1 heterocycles. The zero-order valence-electron chi connectivity index (χ0n) is 9.52. The van der Waals surface area contributed by atoms with Crippen molar-refractivity contribution in [3.63, 3.8) is 0 Å². The number of nitrogens with one attached hydrogen (secondary N) is 2. The van der Waals surface area contributed by atoms with Gasteiger partial charge in [0.05, 0.1) is 7.11 Å². The van der Waals surface area contributed by atoms with Crippen molar-refractivity contribution in [2.45, 2.75) is 0 Å². The fraction of sp³-hybridized carbons (Fsp3) is 0.0833. The molecule has 0 radical (unpaired) electrons. The third-order valence-corrected chi connectivity index (χ3v) is 2.57. The summed E-state index contributed by atoms with van der Waals surface area (Å²) in [4.78, 5) is 23.2. The number of amides is 1. The van der Waals surface area contributed by atoms with Crippen molar-refractivity contribution in [2.24, 2.45) is 0 Å². The van der Waals surface area contributed by atoms with E-state index in [9.17, 15) is 9.59 Å². The Morgan fingerprint density at radius 3 is 2.44 bits per heavy atom. The molecule has 1 amide bonds. The summed E-state index contributed by atoms with van der Waals surface area (Å²) in [7, 11) is 1.55. The van der Waals surface area contributed by atoms with Gasteiger partial charge in [0.1, 0.15) is 11.4 Å². The van der Waals surface area contributed by atoms with E-state index >= 15 is 0 Å². The Bertz CT molecular complexity index is 549. The van der Waals surface area contributed by atoms with E-state index in [2.05, 4.69) is 10.6 Å². The lowest BCUT2D eigenvalue weighted by atomic mass is 10.1. The number of benzene rings is 1. The van der Waals surface area contributed by atoms with Crippen molar-refractivity contribution < 1.29 is 14.3 Å². The molecule has 0 aliphatic carbocycles. The Morgan fingerprint density at radius 1 is 1.28 bits per heavy atom. The number of hydrogen-bond acceptors (Lipinski definition) is 4. The fourth-order valence-corrected chi connectivity index (χ4v) is 1.65. The minimum atomic E-state index is -0.401. The first kappa shape index (κ1) is 12.3. The van der Waals surface area contributed by atoms with Crippen molar-refractivity contribution in [1.29, 1.82) is 0 Å². The second kappa shape index (κ2) is 4.97. The summed E-state index contributed by atoms with van der Waals surface area (Å²) in [6.45, 7) is 0. The van der Waals surface area contributed by atoms with Crippen molar-refractivity contribution >= 4 is 29.0 Å². The monoisotopic (exact) mass is 262 g/mol. The zero-order chi connectivity index (χ0) is 13.1. The third kappa shape index (κ3) is 2.54. The second-order valence-corrected chi connectivity index (χ2v) is 3.97. The minimum Gasteiger partial charge on any atom is -0.497 e. The van der Waals surface area contributed by atoms with Gasteiger partial charge in [-0.1, -0.05) is 0 Å². The summed E-state index contributed by atoms with van der Waals surface area (Å²) >= 11 is 4.76. The van der Waals surface area contributed by atoms with Gasteiger partial charge in [-0.15, -0.1) is 0 Å². The molecular formula is C12H10N2O3S. The summed E-state index contributed by atoms with van der Waals surface area (Å²) in [6, 6.07) is 6.61. The van der Waals surface area contributed by atoms with Gasteiger partial charge in [0.15, 0.2) is 10.9 Å². The molecule has 0 bridgehead atoms. The van der Waals surface area contributed by atoms with Gasteiger partial charge < -0.3 is 10.1 Å². The lowest BCUT2D eigenvalue weighted by molar-refractivity contribution is -0.115. The molecule has 1 saturated heterocycles. The molecular weight excluding hydrogens is 252 g/mol. The molecule has 1 aromatic carbocycles. The molecule has 0 saturated carbocycles. The van der Waals surface area contributed by atoms with E-state index in [-0.39, 0.29) is 16.6 Å². The molecule has 1 aliphatic heterocycles. The largest absolute Gasteiger partial charge is 0.497 e. The normalized spacial score (nSPS) is 16.4. The number of ketones is 1. The quantitative estimate of drug-likeness (QED) is 0.478. The van der Waals surface area contributed by atoms with Crippen molar-refractivity contribution in [3.8, 4) is 5.75 Å². The number of allylic oxidation sites excluding steroid dienone is 1. The van der Waals surface area contributed by atoms with Crippen LogP contribution in [-0.2, 0) is 4.79 Å². The van der Waals surface area contributed by atoms with E-state index in [0.717, 1.165) is 0 Å². The number of carbonyl (C=O) groups is 2. The summed E-state index contributed by atoms with van der Waals surface area (Å²) in [6.07, 6.45) is 1.22. The molecule has 0 unspecified atom stereocenters. The van der Waals surface area contributed by atoms with E-state index in [0.29, 0.717) is 11.3 Å². The zero-order valence-corrected chi connectivity index (χ0v) is 10.3. The van der Waals surface area contributed by atoms with Gasteiger partial charge in [0.25, 0.3) is 5.91 Å². The van der Waals surface area contributed by atoms with Gasteiger partial charge in [-0.25, -0.2) is 0 Å². The first-order valence-electron chi connectivity index (χ1n) is 5.12. The smallest absolute Gasteiger partial charge is 0.274 e.